The molecule has 0 bridgehead atoms. The van der Waals surface area contributed by atoms with Crippen molar-refractivity contribution in [1.29, 1.82) is 0 Å². The minimum absolute atomic E-state index is 0.0196. The quantitative estimate of drug-likeness (QED) is 0.897. The van der Waals surface area contributed by atoms with E-state index < -0.39 is 0 Å². The number of nitrogens with two attached hydrogens (primary N) is 1. The molecule has 1 aliphatic heterocycles. The number of aryl methyl sites for hydroxylation is 1. The summed E-state index contributed by atoms with van der Waals surface area (Å²) in [5.41, 5.74) is 8.63. The molecule has 1 saturated heterocycles. The number of piperidine rings is 1. The normalized spacial score (nSPS) is 24.0. The van der Waals surface area contributed by atoms with Crippen LogP contribution in [0.15, 0.2) is 24.3 Å². The lowest BCUT2D eigenvalue weighted by molar-refractivity contribution is -0.127. The van der Waals surface area contributed by atoms with E-state index in [4.69, 9.17) is 5.73 Å². The second kappa shape index (κ2) is 7.02. The maximum atomic E-state index is 12.6. The van der Waals surface area contributed by atoms with Crippen LogP contribution < -0.4 is 11.1 Å². The van der Waals surface area contributed by atoms with Crippen LogP contribution >= 0.6 is 0 Å². The summed E-state index contributed by atoms with van der Waals surface area (Å²) in [5, 5.41) is 3.16. The van der Waals surface area contributed by atoms with E-state index in [1.807, 2.05) is 26.0 Å². The number of likely N-dealkylation sites (tertiary alicyclic amines) is 1. The van der Waals surface area contributed by atoms with Gasteiger partial charge in [-0.25, -0.2) is 0 Å². The number of nitrogens with one attached hydrogen (secondary N) is 1. The van der Waals surface area contributed by atoms with Gasteiger partial charge in [0.1, 0.15) is 0 Å². The highest BCUT2D eigenvalue weighted by molar-refractivity contribution is 5.81. The monoisotopic (exact) mass is 317 g/mol. The first kappa shape index (κ1) is 18.0. The van der Waals surface area contributed by atoms with Gasteiger partial charge in [-0.1, -0.05) is 38.1 Å². The lowest BCUT2D eigenvalue weighted by Gasteiger charge is -2.44. The first-order chi connectivity index (χ1) is 10.7. The number of nitrogens with zero attached hydrogens (tertiary/aromatic N) is 1. The molecule has 0 saturated carbocycles. The molecule has 0 spiro atoms. The summed E-state index contributed by atoms with van der Waals surface area (Å²) in [6.07, 6.45) is 0.942. The average Bonchev–Trinajstić information content (AvgIpc) is 2.49. The van der Waals surface area contributed by atoms with Crippen LogP contribution in [0.5, 0.6) is 0 Å². The third-order valence-corrected chi connectivity index (χ3v) is 5.28. The molecule has 0 radical (unpaired) electrons. The summed E-state index contributed by atoms with van der Waals surface area (Å²) >= 11 is 0. The van der Waals surface area contributed by atoms with Crippen LogP contribution in [0.4, 0.5) is 0 Å². The summed E-state index contributed by atoms with van der Waals surface area (Å²) < 4.78 is 0. The van der Waals surface area contributed by atoms with Crippen molar-refractivity contribution in [2.45, 2.75) is 59.2 Å². The highest BCUT2D eigenvalue weighted by Crippen LogP contribution is 2.29. The van der Waals surface area contributed by atoms with Crippen LogP contribution in [0.1, 0.15) is 51.3 Å². The maximum Gasteiger partial charge on any atom is 0.237 e. The van der Waals surface area contributed by atoms with Crippen LogP contribution in [0.2, 0.25) is 0 Å². The van der Waals surface area contributed by atoms with E-state index in [0.29, 0.717) is 0 Å². The van der Waals surface area contributed by atoms with Gasteiger partial charge < -0.3 is 11.1 Å². The highest BCUT2D eigenvalue weighted by atomic mass is 16.2. The van der Waals surface area contributed by atoms with Crippen molar-refractivity contribution in [3.63, 3.8) is 0 Å². The van der Waals surface area contributed by atoms with E-state index in [1.54, 1.807) is 0 Å². The van der Waals surface area contributed by atoms with Crippen molar-refractivity contribution in [2.75, 3.05) is 13.1 Å². The predicted molar refractivity (Wildman–Crippen MR) is 95.1 cm³/mol. The Labute approximate surface area is 140 Å². The molecule has 1 aliphatic rings. The van der Waals surface area contributed by atoms with E-state index in [9.17, 15) is 4.79 Å². The smallest absolute Gasteiger partial charge is 0.237 e. The zero-order valence-electron chi connectivity index (χ0n) is 15.1. The van der Waals surface area contributed by atoms with Crippen LogP contribution in [0, 0.1) is 12.3 Å². The molecule has 4 nitrogen and oxygen atoms in total. The Morgan fingerprint density at radius 3 is 2.61 bits per heavy atom. The summed E-state index contributed by atoms with van der Waals surface area (Å²) in [4.78, 5) is 14.9. The molecule has 0 aliphatic carbocycles. The van der Waals surface area contributed by atoms with Crippen molar-refractivity contribution < 1.29 is 4.79 Å². The number of carbonyl (C=O) groups is 1. The molecular weight excluding hydrogens is 286 g/mol. The lowest BCUT2D eigenvalue weighted by Crippen LogP contribution is -2.57. The molecule has 1 aromatic rings. The fraction of sp³-hybridized carbons (Fsp3) is 0.632. The fourth-order valence-corrected chi connectivity index (χ4v) is 3.40. The molecule has 128 valence electrons. The standard InChI is InChI=1S/C19H31N3O/c1-13-8-6-7-9-16(13)14(2)21-18(23)15(3)22-11-10-17(20)19(4,5)12-22/h6-9,14-15,17H,10-12,20H2,1-5H3,(H,21,23). The number of amides is 1. The molecule has 1 aromatic carbocycles. The number of hydrogen-bond acceptors (Lipinski definition) is 3. The number of benzene rings is 1. The van der Waals surface area contributed by atoms with Crippen molar-refractivity contribution >= 4 is 5.91 Å². The van der Waals surface area contributed by atoms with Crippen LogP contribution in [-0.4, -0.2) is 36.0 Å². The molecule has 3 unspecified atom stereocenters. The topological polar surface area (TPSA) is 58.4 Å². The van der Waals surface area contributed by atoms with E-state index in [-0.39, 0.29) is 29.4 Å². The predicted octanol–water partition coefficient (Wildman–Crippen LogP) is 2.62. The number of hydrogen-bond donors (Lipinski definition) is 2. The zero-order valence-corrected chi connectivity index (χ0v) is 15.1. The Morgan fingerprint density at radius 1 is 1.35 bits per heavy atom. The Kier molecular flexibility index (Phi) is 5.48. The first-order valence-corrected chi connectivity index (χ1v) is 8.58. The van der Waals surface area contributed by atoms with Crippen LogP contribution in [-0.2, 0) is 4.79 Å². The molecule has 23 heavy (non-hydrogen) atoms. The molecule has 0 aromatic heterocycles. The SMILES string of the molecule is Cc1ccccc1C(C)NC(=O)C(C)N1CCC(N)C(C)(C)C1. The van der Waals surface area contributed by atoms with Gasteiger partial charge in [0.2, 0.25) is 5.91 Å². The van der Waals surface area contributed by atoms with Gasteiger partial charge in [0.05, 0.1) is 12.1 Å². The minimum atomic E-state index is -0.131. The van der Waals surface area contributed by atoms with Crippen LogP contribution in [0.25, 0.3) is 0 Å². The molecule has 4 heteroatoms. The molecule has 2 rings (SSSR count). The Balaban J connectivity index is 1.99. The fourth-order valence-electron chi connectivity index (χ4n) is 3.40. The van der Waals surface area contributed by atoms with E-state index >= 15 is 0 Å². The molecule has 1 amide bonds. The number of rotatable bonds is 4. The van der Waals surface area contributed by atoms with Gasteiger partial charge in [0.15, 0.2) is 0 Å². The van der Waals surface area contributed by atoms with E-state index in [0.717, 1.165) is 19.5 Å². The van der Waals surface area contributed by atoms with Gasteiger partial charge in [-0.2, -0.15) is 0 Å². The van der Waals surface area contributed by atoms with E-state index in [1.165, 1.54) is 11.1 Å². The van der Waals surface area contributed by atoms with Crippen molar-refractivity contribution in [3.05, 3.63) is 35.4 Å². The van der Waals surface area contributed by atoms with Crippen LogP contribution in [0.3, 0.4) is 0 Å². The molecule has 1 fully saturated rings. The van der Waals surface area contributed by atoms with Crippen molar-refractivity contribution in [1.82, 2.24) is 10.2 Å². The summed E-state index contributed by atoms with van der Waals surface area (Å²) in [7, 11) is 0. The number of carbonyl (C=O) groups excluding carboxylic acids is 1. The summed E-state index contributed by atoms with van der Waals surface area (Å²) in [6.45, 7) is 12.2. The Bertz CT molecular complexity index is 555. The van der Waals surface area contributed by atoms with Crippen molar-refractivity contribution in [2.24, 2.45) is 11.1 Å². The largest absolute Gasteiger partial charge is 0.348 e. The summed E-state index contributed by atoms with van der Waals surface area (Å²) in [5.74, 6) is 0.0898. The van der Waals surface area contributed by atoms with Gasteiger partial charge >= 0.3 is 0 Å². The second-order valence-corrected chi connectivity index (χ2v) is 7.62. The lowest BCUT2D eigenvalue weighted by atomic mass is 9.79. The highest BCUT2D eigenvalue weighted by Gasteiger charge is 2.36. The van der Waals surface area contributed by atoms with E-state index in [2.05, 4.69) is 43.1 Å². The maximum absolute atomic E-state index is 12.6. The molecule has 3 atom stereocenters. The average molecular weight is 317 g/mol. The first-order valence-electron chi connectivity index (χ1n) is 8.58. The molecule has 1 heterocycles. The van der Waals surface area contributed by atoms with Crippen molar-refractivity contribution in [3.8, 4) is 0 Å². The van der Waals surface area contributed by atoms with Gasteiger partial charge in [-0.05, 0) is 43.7 Å². The van der Waals surface area contributed by atoms with Gasteiger partial charge in [0, 0.05) is 19.1 Å². The van der Waals surface area contributed by atoms with Gasteiger partial charge in [0.25, 0.3) is 0 Å². The van der Waals surface area contributed by atoms with Gasteiger partial charge in [-0.15, -0.1) is 0 Å². The third-order valence-electron chi connectivity index (χ3n) is 5.28. The Morgan fingerprint density at radius 2 is 2.00 bits per heavy atom. The zero-order chi connectivity index (χ0) is 17.2. The Hall–Kier alpha value is -1.39. The molecular formula is C19H31N3O. The minimum Gasteiger partial charge on any atom is -0.348 e. The third kappa shape index (κ3) is 4.12. The second-order valence-electron chi connectivity index (χ2n) is 7.62. The summed E-state index contributed by atoms with van der Waals surface area (Å²) in [6, 6.07) is 8.29. The molecule has 3 N–H and O–H groups in total. The van der Waals surface area contributed by atoms with Gasteiger partial charge in [-0.3, -0.25) is 9.69 Å².